The highest BCUT2D eigenvalue weighted by atomic mass is 19.1. The molecule has 0 unspecified atom stereocenters. The molecule has 0 spiro atoms. The predicted octanol–water partition coefficient (Wildman–Crippen LogP) is 5.36. The van der Waals surface area contributed by atoms with Crippen LogP contribution in [0.1, 0.15) is 57.9 Å². The van der Waals surface area contributed by atoms with E-state index in [1.54, 1.807) is 13.2 Å². The Balaban J connectivity index is 1.36. The average Bonchev–Trinajstić information content (AvgIpc) is 3.33. The van der Waals surface area contributed by atoms with Gasteiger partial charge in [0.05, 0.1) is 7.11 Å². The summed E-state index contributed by atoms with van der Waals surface area (Å²) in [5.41, 5.74) is 1.79. The zero-order valence-corrected chi connectivity index (χ0v) is 21.3. The average molecular weight is 483 g/mol. The van der Waals surface area contributed by atoms with E-state index in [0.717, 1.165) is 36.9 Å². The Morgan fingerprint density at radius 1 is 1.14 bits per heavy atom. The van der Waals surface area contributed by atoms with Gasteiger partial charge in [0.2, 0.25) is 0 Å². The number of piperidine rings is 1. The van der Waals surface area contributed by atoms with Crippen molar-refractivity contribution in [3.8, 4) is 16.9 Å². The summed E-state index contributed by atoms with van der Waals surface area (Å²) in [5, 5.41) is 3.16. The fourth-order valence-corrected chi connectivity index (χ4v) is 5.67. The van der Waals surface area contributed by atoms with E-state index >= 15 is 0 Å². The first-order chi connectivity index (χ1) is 16.9. The molecule has 4 rings (SSSR count). The lowest BCUT2D eigenvalue weighted by Gasteiger charge is -2.39. The van der Waals surface area contributed by atoms with Gasteiger partial charge in [-0.1, -0.05) is 30.7 Å². The summed E-state index contributed by atoms with van der Waals surface area (Å²) in [6.07, 6.45) is 6.91. The van der Waals surface area contributed by atoms with E-state index in [2.05, 4.69) is 24.1 Å². The second-order valence-electron chi connectivity index (χ2n) is 10.1. The van der Waals surface area contributed by atoms with Crippen LogP contribution in [0.25, 0.3) is 11.1 Å². The van der Waals surface area contributed by atoms with Crippen LogP contribution in [0.2, 0.25) is 0 Å². The van der Waals surface area contributed by atoms with Crippen molar-refractivity contribution in [2.24, 2.45) is 0 Å². The lowest BCUT2D eigenvalue weighted by Crippen LogP contribution is -2.49. The molecule has 0 aliphatic carbocycles. The van der Waals surface area contributed by atoms with Gasteiger partial charge in [0.15, 0.2) is 5.60 Å². The Labute approximate surface area is 209 Å². The van der Waals surface area contributed by atoms with Crippen molar-refractivity contribution in [1.29, 1.82) is 0 Å². The van der Waals surface area contributed by atoms with Gasteiger partial charge in [-0.2, -0.15) is 0 Å². The maximum Gasteiger partial charge on any atom is 0.252 e. The first-order valence-electron chi connectivity index (χ1n) is 13.0. The SMILES string of the molecule is COc1ccc(F)cc1-c1ccc(C[C@]2(C(=O)NCCCN3[C@H](C)CCC[C@@H]3C)CCCO2)cc1. The zero-order valence-electron chi connectivity index (χ0n) is 21.3. The van der Waals surface area contributed by atoms with E-state index in [1.807, 2.05) is 24.3 Å². The van der Waals surface area contributed by atoms with Crippen LogP contribution in [0, 0.1) is 5.82 Å². The summed E-state index contributed by atoms with van der Waals surface area (Å²) in [5.74, 6) is 0.317. The fourth-order valence-electron chi connectivity index (χ4n) is 5.67. The lowest BCUT2D eigenvalue weighted by atomic mass is 9.89. The summed E-state index contributed by atoms with van der Waals surface area (Å²) in [6.45, 7) is 6.91. The van der Waals surface area contributed by atoms with E-state index in [0.29, 0.717) is 43.0 Å². The van der Waals surface area contributed by atoms with Crippen molar-refractivity contribution in [2.75, 3.05) is 26.8 Å². The molecule has 2 aromatic carbocycles. The van der Waals surface area contributed by atoms with Gasteiger partial charge in [-0.15, -0.1) is 0 Å². The van der Waals surface area contributed by atoms with E-state index < -0.39 is 5.60 Å². The molecule has 0 saturated carbocycles. The molecule has 5 nitrogen and oxygen atoms in total. The van der Waals surface area contributed by atoms with Crippen LogP contribution in [0.4, 0.5) is 4.39 Å². The molecule has 2 saturated heterocycles. The number of methoxy groups -OCH3 is 1. The first kappa shape index (κ1) is 25.6. The Morgan fingerprint density at radius 3 is 2.54 bits per heavy atom. The number of rotatable bonds is 9. The van der Waals surface area contributed by atoms with Gasteiger partial charge in [0.1, 0.15) is 11.6 Å². The third-order valence-corrected chi connectivity index (χ3v) is 7.69. The number of likely N-dealkylation sites (tertiary alicyclic amines) is 1. The topological polar surface area (TPSA) is 50.8 Å². The molecule has 2 aliphatic heterocycles. The van der Waals surface area contributed by atoms with Gasteiger partial charge in [-0.3, -0.25) is 9.69 Å². The third kappa shape index (κ3) is 6.04. The van der Waals surface area contributed by atoms with Crippen LogP contribution in [0.3, 0.4) is 0 Å². The highest BCUT2D eigenvalue weighted by Gasteiger charge is 2.42. The van der Waals surface area contributed by atoms with Crippen molar-refractivity contribution in [2.45, 2.75) is 76.5 Å². The molecule has 0 aromatic heterocycles. The number of benzene rings is 2. The number of hydrogen-bond donors (Lipinski definition) is 1. The Hall–Kier alpha value is -2.44. The standard InChI is InChI=1S/C29H39FN2O3/c1-21-7-4-8-22(2)32(21)17-6-16-31-28(33)29(15-5-18-35-29)20-23-9-11-24(12-10-23)26-19-25(30)13-14-27(26)34-3/h9-14,19,21-22H,4-8,15-18,20H2,1-3H3,(H,31,33)/t21-,22+,29-/m0/s1. The van der Waals surface area contributed by atoms with Crippen molar-refractivity contribution in [1.82, 2.24) is 10.2 Å². The summed E-state index contributed by atoms with van der Waals surface area (Å²) < 4.78 is 25.3. The van der Waals surface area contributed by atoms with Crippen LogP contribution in [0.15, 0.2) is 42.5 Å². The highest BCUT2D eigenvalue weighted by Crippen LogP contribution is 2.33. The number of halogens is 1. The minimum absolute atomic E-state index is 0.00869. The molecule has 2 heterocycles. The van der Waals surface area contributed by atoms with Crippen molar-refractivity contribution in [3.05, 3.63) is 53.8 Å². The molecule has 6 heteroatoms. The molecule has 0 radical (unpaired) electrons. The molecule has 2 aliphatic rings. The van der Waals surface area contributed by atoms with Crippen LogP contribution in [0.5, 0.6) is 5.75 Å². The zero-order chi connectivity index (χ0) is 24.8. The highest BCUT2D eigenvalue weighted by molar-refractivity contribution is 5.86. The molecular formula is C29H39FN2O3. The van der Waals surface area contributed by atoms with Crippen molar-refractivity contribution in [3.63, 3.8) is 0 Å². The quantitative estimate of drug-likeness (QED) is 0.489. The monoisotopic (exact) mass is 482 g/mol. The lowest BCUT2D eigenvalue weighted by molar-refractivity contribution is -0.141. The van der Waals surface area contributed by atoms with Crippen molar-refractivity contribution < 1.29 is 18.7 Å². The van der Waals surface area contributed by atoms with Gasteiger partial charge >= 0.3 is 0 Å². The van der Waals surface area contributed by atoms with Gasteiger partial charge in [0, 0.05) is 43.8 Å². The number of carbonyl (C=O) groups is 1. The van der Waals surface area contributed by atoms with Gasteiger partial charge in [-0.25, -0.2) is 4.39 Å². The van der Waals surface area contributed by atoms with E-state index in [9.17, 15) is 9.18 Å². The Morgan fingerprint density at radius 2 is 1.89 bits per heavy atom. The molecule has 1 amide bonds. The summed E-state index contributed by atoms with van der Waals surface area (Å²) in [4.78, 5) is 15.8. The molecule has 0 bridgehead atoms. The number of carbonyl (C=O) groups excluding carboxylic acids is 1. The van der Waals surface area contributed by atoms with Crippen molar-refractivity contribution >= 4 is 5.91 Å². The summed E-state index contributed by atoms with van der Waals surface area (Å²) >= 11 is 0. The maximum atomic E-state index is 13.8. The maximum absolute atomic E-state index is 13.8. The molecule has 35 heavy (non-hydrogen) atoms. The fraction of sp³-hybridized carbons (Fsp3) is 0.552. The molecule has 3 atom stereocenters. The number of hydrogen-bond acceptors (Lipinski definition) is 4. The molecular weight excluding hydrogens is 443 g/mol. The summed E-state index contributed by atoms with van der Waals surface area (Å²) in [7, 11) is 1.58. The van der Waals surface area contributed by atoms with Crippen LogP contribution in [-0.4, -0.2) is 55.3 Å². The second-order valence-corrected chi connectivity index (χ2v) is 10.1. The number of amides is 1. The number of nitrogens with one attached hydrogen (secondary N) is 1. The van der Waals surface area contributed by atoms with Gasteiger partial charge < -0.3 is 14.8 Å². The first-order valence-corrected chi connectivity index (χ1v) is 13.0. The Kier molecular flexibility index (Phi) is 8.45. The normalized spacial score (nSPS) is 24.9. The minimum Gasteiger partial charge on any atom is -0.496 e. The molecule has 1 N–H and O–H groups in total. The second kappa shape index (κ2) is 11.5. The van der Waals surface area contributed by atoms with E-state index in [4.69, 9.17) is 9.47 Å². The van der Waals surface area contributed by atoms with Crippen LogP contribution < -0.4 is 10.1 Å². The predicted molar refractivity (Wildman–Crippen MR) is 137 cm³/mol. The smallest absolute Gasteiger partial charge is 0.252 e. The van der Waals surface area contributed by atoms with E-state index in [1.165, 1.54) is 31.4 Å². The number of nitrogens with zero attached hydrogens (tertiary/aromatic N) is 1. The van der Waals surface area contributed by atoms with Gasteiger partial charge in [-0.05, 0) is 75.3 Å². The summed E-state index contributed by atoms with van der Waals surface area (Å²) in [6, 6.07) is 13.6. The molecule has 190 valence electrons. The van der Waals surface area contributed by atoms with Gasteiger partial charge in [0.25, 0.3) is 5.91 Å². The number of ether oxygens (including phenoxy) is 2. The third-order valence-electron chi connectivity index (χ3n) is 7.69. The van der Waals surface area contributed by atoms with Crippen LogP contribution >= 0.6 is 0 Å². The minimum atomic E-state index is -0.816. The van der Waals surface area contributed by atoms with Crippen LogP contribution in [-0.2, 0) is 16.0 Å². The molecule has 2 fully saturated rings. The largest absolute Gasteiger partial charge is 0.496 e. The van der Waals surface area contributed by atoms with E-state index in [-0.39, 0.29) is 11.7 Å². The Bertz CT molecular complexity index is 978. The molecule has 2 aromatic rings.